The maximum atomic E-state index is 10.8. The minimum atomic E-state index is -3.61. The van der Waals surface area contributed by atoms with Gasteiger partial charge in [0.25, 0.3) is 0 Å². The molecular formula is C7H7ClNO2S. The molecule has 0 N–H and O–H groups in total. The van der Waals surface area contributed by atoms with Gasteiger partial charge in [-0.2, -0.15) is 3.82 Å². The van der Waals surface area contributed by atoms with Crippen molar-refractivity contribution in [2.45, 2.75) is 0 Å². The molecule has 0 amide bonds. The maximum Gasteiger partial charge on any atom is 0.250 e. The first-order valence-electron chi connectivity index (χ1n) is 3.11. The zero-order chi connectivity index (χ0) is 9.19. The molecule has 0 spiro atoms. The number of halogens is 1. The zero-order valence-electron chi connectivity index (χ0n) is 6.14. The van der Waals surface area contributed by atoms with Crippen LogP contribution < -0.4 is 3.82 Å². The minimum Gasteiger partial charge on any atom is -0.205 e. The Morgan fingerprint density at radius 2 is 1.75 bits per heavy atom. The Kier molecular flexibility index (Phi) is 2.59. The van der Waals surface area contributed by atoms with Crippen LogP contribution in [0.5, 0.6) is 0 Å². The molecule has 1 aromatic rings. The molecule has 0 aliphatic rings. The van der Waals surface area contributed by atoms with Crippen molar-refractivity contribution >= 4 is 27.5 Å². The van der Waals surface area contributed by atoms with Crippen LogP contribution in [0.15, 0.2) is 30.3 Å². The van der Waals surface area contributed by atoms with Gasteiger partial charge in [0.15, 0.2) is 0 Å². The summed E-state index contributed by atoms with van der Waals surface area (Å²) in [6.45, 7) is 0. The second kappa shape index (κ2) is 3.33. The number of para-hydroxylation sites is 1. The van der Waals surface area contributed by atoms with Crippen LogP contribution in [-0.4, -0.2) is 8.42 Å². The third-order valence-electron chi connectivity index (χ3n) is 1.20. The third-order valence-corrected chi connectivity index (χ3v) is 2.73. The fourth-order valence-corrected chi connectivity index (χ4v) is 1.26. The SMILES string of the molecule is [CH2]S(=O)(=O)N(Cl)c1ccccc1. The molecule has 0 unspecified atom stereocenters. The first-order chi connectivity index (χ1) is 5.52. The Hall–Kier alpha value is -0.740. The van der Waals surface area contributed by atoms with Crippen LogP contribution in [0, 0.1) is 6.26 Å². The number of hydrogen-bond donors (Lipinski definition) is 0. The largest absolute Gasteiger partial charge is 0.250 e. The first kappa shape index (κ1) is 9.35. The summed E-state index contributed by atoms with van der Waals surface area (Å²) >= 11 is 5.47. The Morgan fingerprint density at radius 1 is 1.25 bits per heavy atom. The van der Waals surface area contributed by atoms with Crippen molar-refractivity contribution in [1.29, 1.82) is 0 Å². The predicted molar refractivity (Wildman–Crippen MR) is 49.1 cm³/mol. The summed E-state index contributed by atoms with van der Waals surface area (Å²) < 4.78 is 22.2. The highest BCUT2D eigenvalue weighted by Crippen LogP contribution is 2.18. The van der Waals surface area contributed by atoms with Crippen LogP contribution in [0.1, 0.15) is 0 Å². The van der Waals surface area contributed by atoms with Crippen molar-refractivity contribution in [2.75, 3.05) is 3.82 Å². The number of nitrogens with zero attached hydrogens (tertiary/aromatic N) is 1. The van der Waals surface area contributed by atoms with Gasteiger partial charge in [0.05, 0.1) is 11.9 Å². The molecule has 5 heteroatoms. The van der Waals surface area contributed by atoms with E-state index in [1.54, 1.807) is 30.3 Å². The highest BCUT2D eigenvalue weighted by molar-refractivity contribution is 7.95. The minimum absolute atomic E-state index is 0.383. The first-order valence-corrected chi connectivity index (χ1v) is 5.06. The standard InChI is InChI=1S/C7H7ClNO2S/c1-12(10,11)9(8)7-5-3-2-4-6-7/h2-6H,1H2. The molecule has 0 bridgehead atoms. The molecular weight excluding hydrogens is 198 g/mol. The summed E-state index contributed by atoms with van der Waals surface area (Å²) in [6, 6.07) is 8.31. The normalized spacial score (nSPS) is 11.2. The second-order valence-corrected chi connectivity index (χ2v) is 4.23. The molecule has 0 fully saturated rings. The molecule has 1 rings (SSSR count). The van der Waals surface area contributed by atoms with Gasteiger partial charge in [-0.15, -0.1) is 0 Å². The molecule has 0 saturated carbocycles. The van der Waals surface area contributed by atoms with Gasteiger partial charge in [0.2, 0.25) is 10.0 Å². The Bertz CT molecular complexity index is 349. The van der Waals surface area contributed by atoms with Crippen molar-refractivity contribution < 1.29 is 8.42 Å². The summed E-state index contributed by atoms with van der Waals surface area (Å²) in [6.07, 6.45) is 2.91. The van der Waals surface area contributed by atoms with Crippen molar-refractivity contribution in [3.8, 4) is 0 Å². The van der Waals surface area contributed by atoms with Gasteiger partial charge in [-0.05, 0) is 12.1 Å². The molecule has 1 radical (unpaired) electrons. The molecule has 1 aromatic carbocycles. The van der Waals surface area contributed by atoms with E-state index in [1.165, 1.54) is 0 Å². The zero-order valence-corrected chi connectivity index (χ0v) is 7.72. The van der Waals surface area contributed by atoms with E-state index in [1.807, 2.05) is 0 Å². The lowest BCUT2D eigenvalue weighted by Crippen LogP contribution is -2.16. The Labute approximate surface area is 76.7 Å². The monoisotopic (exact) mass is 204 g/mol. The predicted octanol–water partition coefficient (Wildman–Crippen LogP) is 1.77. The molecule has 12 heavy (non-hydrogen) atoms. The van der Waals surface area contributed by atoms with E-state index in [0.29, 0.717) is 9.51 Å². The second-order valence-electron chi connectivity index (χ2n) is 2.16. The number of sulfonamides is 1. The summed E-state index contributed by atoms with van der Waals surface area (Å²) in [5.41, 5.74) is 0.383. The van der Waals surface area contributed by atoms with E-state index in [0.717, 1.165) is 0 Å². The van der Waals surface area contributed by atoms with Crippen molar-refractivity contribution in [2.24, 2.45) is 0 Å². The number of rotatable bonds is 2. The van der Waals surface area contributed by atoms with Gasteiger partial charge >= 0.3 is 0 Å². The molecule has 0 atom stereocenters. The summed E-state index contributed by atoms with van der Waals surface area (Å²) in [5, 5.41) is 0. The van der Waals surface area contributed by atoms with E-state index < -0.39 is 10.0 Å². The van der Waals surface area contributed by atoms with Gasteiger partial charge < -0.3 is 0 Å². The van der Waals surface area contributed by atoms with Crippen LogP contribution >= 0.6 is 11.8 Å². The highest BCUT2D eigenvalue weighted by Gasteiger charge is 2.13. The van der Waals surface area contributed by atoms with Crippen molar-refractivity contribution in [3.05, 3.63) is 36.6 Å². The van der Waals surface area contributed by atoms with Gasteiger partial charge in [-0.25, -0.2) is 8.42 Å². The molecule has 0 heterocycles. The molecule has 0 saturated heterocycles. The number of anilines is 1. The molecule has 0 aliphatic heterocycles. The van der Waals surface area contributed by atoms with Gasteiger partial charge in [0.1, 0.15) is 0 Å². The summed E-state index contributed by atoms with van der Waals surface area (Å²) in [5.74, 6) is 0. The van der Waals surface area contributed by atoms with Gasteiger partial charge in [0, 0.05) is 11.8 Å². The van der Waals surface area contributed by atoms with Crippen LogP contribution in [0.2, 0.25) is 0 Å². The Balaban J connectivity index is 3.02. The quantitative estimate of drug-likeness (QED) is 0.689. The molecule has 0 aliphatic carbocycles. The van der Waals surface area contributed by atoms with Crippen LogP contribution in [0.25, 0.3) is 0 Å². The van der Waals surface area contributed by atoms with Gasteiger partial charge in [-0.1, -0.05) is 18.2 Å². The van der Waals surface area contributed by atoms with E-state index >= 15 is 0 Å². The number of benzene rings is 1. The lowest BCUT2D eigenvalue weighted by atomic mass is 10.3. The fourth-order valence-electron chi connectivity index (χ4n) is 0.706. The van der Waals surface area contributed by atoms with Crippen LogP contribution in [0.3, 0.4) is 0 Å². The lowest BCUT2D eigenvalue weighted by Gasteiger charge is -2.11. The molecule has 0 aromatic heterocycles. The smallest absolute Gasteiger partial charge is 0.205 e. The van der Waals surface area contributed by atoms with Crippen LogP contribution in [-0.2, 0) is 10.0 Å². The van der Waals surface area contributed by atoms with Crippen LogP contribution in [0.4, 0.5) is 5.69 Å². The summed E-state index contributed by atoms with van der Waals surface area (Å²) in [7, 11) is -3.61. The van der Waals surface area contributed by atoms with E-state index in [-0.39, 0.29) is 0 Å². The van der Waals surface area contributed by atoms with Crippen molar-refractivity contribution in [3.63, 3.8) is 0 Å². The molecule has 65 valence electrons. The third kappa shape index (κ3) is 2.12. The fraction of sp³-hybridized carbons (Fsp3) is 0. The Morgan fingerprint density at radius 3 is 2.17 bits per heavy atom. The maximum absolute atomic E-state index is 10.8. The lowest BCUT2D eigenvalue weighted by molar-refractivity contribution is 0.606. The highest BCUT2D eigenvalue weighted by atomic mass is 35.5. The van der Waals surface area contributed by atoms with Gasteiger partial charge in [-0.3, -0.25) is 0 Å². The van der Waals surface area contributed by atoms with E-state index in [9.17, 15) is 8.42 Å². The average molecular weight is 205 g/mol. The summed E-state index contributed by atoms with van der Waals surface area (Å²) in [4.78, 5) is 0. The van der Waals surface area contributed by atoms with Crippen molar-refractivity contribution in [1.82, 2.24) is 0 Å². The average Bonchev–Trinajstić information content (AvgIpc) is 2.03. The van der Waals surface area contributed by atoms with E-state index in [4.69, 9.17) is 11.8 Å². The molecule has 3 nitrogen and oxygen atoms in total. The number of hydrogen-bond acceptors (Lipinski definition) is 2. The topological polar surface area (TPSA) is 37.4 Å². The van der Waals surface area contributed by atoms with E-state index in [2.05, 4.69) is 6.26 Å².